The average molecular weight is 417 g/mol. The number of carbonyl (C=O) groups is 3. The minimum absolute atomic E-state index is 0.0974. The third kappa shape index (κ3) is 2.77. The summed E-state index contributed by atoms with van der Waals surface area (Å²) in [5, 5.41) is 0. The highest BCUT2D eigenvalue weighted by Gasteiger charge is 2.67. The summed E-state index contributed by atoms with van der Waals surface area (Å²) in [6, 6.07) is 12.0. The van der Waals surface area contributed by atoms with Gasteiger partial charge in [-0.05, 0) is 78.6 Å². The number of allylic oxidation sites excluding steroid dienone is 2. The summed E-state index contributed by atoms with van der Waals surface area (Å²) >= 11 is 0. The maximum absolute atomic E-state index is 13.2. The number of benzene rings is 2. The number of rotatable bonds is 5. The third-order valence-corrected chi connectivity index (χ3v) is 7.29. The van der Waals surface area contributed by atoms with Gasteiger partial charge in [0.1, 0.15) is 11.6 Å². The van der Waals surface area contributed by atoms with Crippen molar-refractivity contribution < 1.29 is 23.5 Å². The molecule has 5 aliphatic rings. The SMILES string of the molecule is O=C(COc1ccc(N2C(=O)C3C4C=CC(C5CC45)C3C2=O)cc1)c1ccc(F)cc1. The van der Waals surface area contributed by atoms with Crippen molar-refractivity contribution in [3.63, 3.8) is 0 Å². The van der Waals surface area contributed by atoms with Gasteiger partial charge in [0, 0.05) is 5.56 Å². The fourth-order valence-electron chi connectivity index (χ4n) is 5.77. The van der Waals surface area contributed by atoms with Crippen molar-refractivity contribution >= 4 is 23.3 Å². The molecule has 156 valence electrons. The smallest absolute Gasteiger partial charge is 0.238 e. The number of halogens is 1. The predicted octanol–water partition coefficient (Wildman–Crippen LogP) is 3.64. The van der Waals surface area contributed by atoms with E-state index in [-0.39, 0.29) is 47.9 Å². The molecular weight excluding hydrogens is 397 g/mol. The Balaban J connectivity index is 1.16. The molecule has 2 aromatic carbocycles. The van der Waals surface area contributed by atoms with Crippen LogP contribution in [0.4, 0.5) is 10.1 Å². The molecule has 5 nitrogen and oxygen atoms in total. The van der Waals surface area contributed by atoms with Crippen LogP contribution in [-0.2, 0) is 9.59 Å². The Bertz CT molecular complexity index is 1090. The molecule has 3 fully saturated rings. The van der Waals surface area contributed by atoms with Gasteiger partial charge in [-0.2, -0.15) is 0 Å². The van der Waals surface area contributed by atoms with Crippen LogP contribution in [-0.4, -0.2) is 24.2 Å². The van der Waals surface area contributed by atoms with Gasteiger partial charge < -0.3 is 4.74 Å². The van der Waals surface area contributed by atoms with E-state index in [2.05, 4.69) is 12.2 Å². The Kier molecular flexibility index (Phi) is 3.94. The number of ketones is 1. The minimum Gasteiger partial charge on any atom is -0.485 e. The Hall–Kier alpha value is -3.28. The number of ether oxygens (including phenoxy) is 1. The molecule has 1 heterocycles. The topological polar surface area (TPSA) is 63.7 Å². The number of anilines is 1. The first kappa shape index (κ1) is 18.5. The molecule has 31 heavy (non-hydrogen) atoms. The molecule has 2 saturated carbocycles. The summed E-state index contributed by atoms with van der Waals surface area (Å²) in [5.74, 6) is 0.677. The van der Waals surface area contributed by atoms with Crippen molar-refractivity contribution in [3.8, 4) is 5.75 Å². The van der Waals surface area contributed by atoms with Crippen molar-refractivity contribution in [1.82, 2.24) is 0 Å². The molecule has 2 aromatic rings. The highest BCUT2D eigenvalue weighted by molar-refractivity contribution is 6.22. The van der Waals surface area contributed by atoms with Crippen LogP contribution in [0.2, 0.25) is 0 Å². The molecule has 0 aromatic heterocycles. The lowest BCUT2D eigenvalue weighted by Gasteiger charge is -2.37. The lowest BCUT2D eigenvalue weighted by Crippen LogP contribution is -2.40. The first-order chi connectivity index (χ1) is 15.0. The molecule has 6 atom stereocenters. The van der Waals surface area contributed by atoms with Crippen LogP contribution in [0, 0.1) is 41.3 Å². The quantitative estimate of drug-likeness (QED) is 0.423. The molecule has 2 amide bonds. The molecule has 6 unspecified atom stereocenters. The molecule has 1 aliphatic heterocycles. The summed E-state index contributed by atoms with van der Waals surface area (Å²) in [6.45, 7) is -0.186. The Morgan fingerprint density at radius 3 is 2.06 bits per heavy atom. The summed E-state index contributed by atoms with van der Waals surface area (Å²) in [4.78, 5) is 39.8. The molecule has 1 saturated heterocycles. The van der Waals surface area contributed by atoms with E-state index in [9.17, 15) is 18.8 Å². The second kappa shape index (κ2) is 6.61. The minimum atomic E-state index is -0.403. The van der Waals surface area contributed by atoms with Crippen LogP contribution in [0.25, 0.3) is 0 Å². The van der Waals surface area contributed by atoms with E-state index in [1.807, 2.05) is 0 Å². The number of Topliss-reactive ketones (excluding diaryl/α,β-unsaturated/α-hetero) is 1. The van der Waals surface area contributed by atoms with Crippen molar-refractivity contribution in [1.29, 1.82) is 0 Å². The van der Waals surface area contributed by atoms with Crippen LogP contribution in [0.5, 0.6) is 5.75 Å². The maximum Gasteiger partial charge on any atom is 0.238 e. The summed E-state index contributed by atoms with van der Waals surface area (Å²) in [5.41, 5.74) is 0.907. The van der Waals surface area contributed by atoms with Crippen LogP contribution in [0.1, 0.15) is 16.8 Å². The monoisotopic (exact) mass is 417 g/mol. The van der Waals surface area contributed by atoms with Crippen molar-refractivity contribution in [2.45, 2.75) is 6.42 Å². The first-order valence-corrected chi connectivity index (χ1v) is 10.6. The lowest BCUT2D eigenvalue weighted by molar-refractivity contribution is -0.124. The molecule has 4 aliphatic carbocycles. The zero-order valence-corrected chi connectivity index (χ0v) is 16.6. The Morgan fingerprint density at radius 2 is 1.48 bits per heavy atom. The number of amides is 2. The lowest BCUT2D eigenvalue weighted by atomic mass is 9.63. The highest BCUT2D eigenvalue weighted by Crippen LogP contribution is 2.65. The Labute approximate surface area is 178 Å². The van der Waals surface area contributed by atoms with Gasteiger partial charge in [0.15, 0.2) is 12.4 Å². The molecular formula is C25H20FNO4. The van der Waals surface area contributed by atoms with Crippen LogP contribution in [0.3, 0.4) is 0 Å². The van der Waals surface area contributed by atoms with Crippen molar-refractivity contribution in [2.24, 2.45) is 35.5 Å². The first-order valence-electron chi connectivity index (χ1n) is 10.6. The van der Waals surface area contributed by atoms with E-state index < -0.39 is 5.82 Å². The molecule has 2 bridgehead atoms. The predicted molar refractivity (Wildman–Crippen MR) is 110 cm³/mol. The fourth-order valence-corrected chi connectivity index (χ4v) is 5.77. The maximum atomic E-state index is 13.2. The normalized spacial score (nSPS) is 32.1. The highest BCUT2D eigenvalue weighted by atomic mass is 19.1. The van der Waals surface area contributed by atoms with Gasteiger partial charge in [0.05, 0.1) is 17.5 Å². The van der Waals surface area contributed by atoms with Crippen molar-refractivity contribution in [2.75, 3.05) is 11.5 Å². The molecule has 0 radical (unpaired) electrons. The van der Waals surface area contributed by atoms with Crippen LogP contribution < -0.4 is 9.64 Å². The summed E-state index contributed by atoms with van der Waals surface area (Å²) in [7, 11) is 0. The standard InChI is InChI=1S/C25H20FNO4/c26-14-3-1-13(2-4-14)21(28)12-31-16-7-5-15(6-8-16)27-24(29)22-17-9-10-18(20-11-19(17)20)23(22)25(27)30/h1-10,17-20,22-23H,11-12H2. The zero-order chi connectivity index (χ0) is 21.3. The molecule has 0 N–H and O–H groups in total. The molecule has 7 rings (SSSR count). The van der Waals surface area contributed by atoms with Gasteiger partial charge >= 0.3 is 0 Å². The summed E-state index contributed by atoms with van der Waals surface area (Å²) < 4.78 is 18.5. The second-order valence-corrected chi connectivity index (χ2v) is 8.88. The second-order valence-electron chi connectivity index (χ2n) is 8.88. The average Bonchev–Trinajstić information content (AvgIpc) is 3.56. The number of imide groups is 1. The van der Waals surface area contributed by atoms with Gasteiger partial charge in [-0.15, -0.1) is 0 Å². The van der Waals surface area contributed by atoms with E-state index in [1.165, 1.54) is 29.2 Å². The third-order valence-electron chi connectivity index (χ3n) is 7.29. The largest absolute Gasteiger partial charge is 0.485 e. The van der Waals surface area contributed by atoms with Gasteiger partial charge in [0.2, 0.25) is 11.8 Å². The van der Waals surface area contributed by atoms with E-state index in [0.29, 0.717) is 28.8 Å². The molecule has 0 spiro atoms. The zero-order valence-electron chi connectivity index (χ0n) is 16.6. The van der Waals surface area contributed by atoms with Gasteiger partial charge in [0.25, 0.3) is 0 Å². The van der Waals surface area contributed by atoms with E-state index in [4.69, 9.17) is 4.74 Å². The number of hydrogen-bond donors (Lipinski definition) is 0. The Morgan fingerprint density at radius 1 is 0.903 bits per heavy atom. The van der Waals surface area contributed by atoms with Crippen molar-refractivity contribution in [3.05, 3.63) is 72.1 Å². The van der Waals surface area contributed by atoms with E-state index in [0.717, 1.165) is 6.42 Å². The molecule has 6 heteroatoms. The number of nitrogens with zero attached hydrogens (tertiary/aromatic N) is 1. The van der Waals surface area contributed by atoms with Gasteiger partial charge in [-0.25, -0.2) is 4.39 Å². The van der Waals surface area contributed by atoms with Gasteiger partial charge in [-0.3, -0.25) is 19.3 Å². The van der Waals surface area contributed by atoms with Crippen LogP contribution in [0.15, 0.2) is 60.7 Å². The fraction of sp³-hybridized carbons (Fsp3) is 0.320. The van der Waals surface area contributed by atoms with E-state index >= 15 is 0 Å². The number of carbonyl (C=O) groups excluding carboxylic acids is 3. The van der Waals surface area contributed by atoms with E-state index in [1.54, 1.807) is 24.3 Å². The summed E-state index contributed by atoms with van der Waals surface area (Å²) in [6.07, 6.45) is 5.45. The number of hydrogen-bond acceptors (Lipinski definition) is 4. The van der Waals surface area contributed by atoms with Crippen LogP contribution >= 0.6 is 0 Å². The van der Waals surface area contributed by atoms with Gasteiger partial charge in [-0.1, -0.05) is 12.2 Å².